The standard InChI is InChI=1S/C14H20ClNO/c15-13-7-1-2-8-14(13)17-12-6-5-11-16-9-3-4-10-16/h1-2,7-8H,3-6,9-12H2/p+1. The first-order chi connectivity index (χ1) is 8.36. The van der Waals surface area contributed by atoms with Crippen molar-refractivity contribution in [3.63, 3.8) is 0 Å². The van der Waals surface area contributed by atoms with Crippen molar-refractivity contribution < 1.29 is 9.64 Å². The normalized spacial score (nSPS) is 16.3. The smallest absolute Gasteiger partial charge is 0.137 e. The van der Waals surface area contributed by atoms with Crippen LogP contribution >= 0.6 is 11.6 Å². The molecule has 0 atom stereocenters. The van der Waals surface area contributed by atoms with Gasteiger partial charge in [-0.25, -0.2) is 0 Å². The molecular weight excluding hydrogens is 234 g/mol. The van der Waals surface area contributed by atoms with Gasteiger partial charge in [-0.3, -0.25) is 0 Å². The van der Waals surface area contributed by atoms with Crippen LogP contribution in [0.4, 0.5) is 0 Å². The van der Waals surface area contributed by atoms with E-state index in [0.717, 1.165) is 18.8 Å². The fourth-order valence-corrected chi connectivity index (χ4v) is 2.54. The minimum atomic E-state index is 0.706. The molecule has 0 saturated carbocycles. The number of benzene rings is 1. The Morgan fingerprint density at radius 1 is 1.12 bits per heavy atom. The molecule has 3 heteroatoms. The van der Waals surface area contributed by atoms with Gasteiger partial charge in [0.15, 0.2) is 0 Å². The molecule has 1 heterocycles. The molecule has 2 nitrogen and oxygen atoms in total. The lowest BCUT2D eigenvalue weighted by molar-refractivity contribution is -0.887. The molecule has 0 unspecified atom stereocenters. The maximum atomic E-state index is 6.01. The Balaban J connectivity index is 1.58. The van der Waals surface area contributed by atoms with Crippen molar-refractivity contribution in [2.24, 2.45) is 0 Å². The molecule has 94 valence electrons. The van der Waals surface area contributed by atoms with E-state index in [1.807, 2.05) is 24.3 Å². The lowest BCUT2D eigenvalue weighted by atomic mass is 10.3. The summed E-state index contributed by atoms with van der Waals surface area (Å²) in [7, 11) is 0. The zero-order valence-electron chi connectivity index (χ0n) is 10.3. The summed E-state index contributed by atoms with van der Waals surface area (Å²) in [5.74, 6) is 0.808. The predicted molar refractivity (Wildman–Crippen MR) is 71.0 cm³/mol. The zero-order valence-corrected chi connectivity index (χ0v) is 11.0. The summed E-state index contributed by atoms with van der Waals surface area (Å²) < 4.78 is 5.66. The van der Waals surface area contributed by atoms with Gasteiger partial charge in [-0.15, -0.1) is 0 Å². The molecule has 0 bridgehead atoms. The predicted octanol–water partition coefficient (Wildman–Crippen LogP) is 2.18. The van der Waals surface area contributed by atoms with Crippen molar-refractivity contribution in [2.75, 3.05) is 26.2 Å². The molecule has 1 aliphatic rings. The second-order valence-corrected chi connectivity index (χ2v) is 5.10. The van der Waals surface area contributed by atoms with E-state index in [4.69, 9.17) is 16.3 Å². The van der Waals surface area contributed by atoms with Crippen molar-refractivity contribution in [1.82, 2.24) is 0 Å². The van der Waals surface area contributed by atoms with Crippen LogP contribution in [0.2, 0.25) is 5.02 Å². The van der Waals surface area contributed by atoms with Gasteiger partial charge in [-0.1, -0.05) is 23.7 Å². The van der Waals surface area contributed by atoms with Gasteiger partial charge >= 0.3 is 0 Å². The SMILES string of the molecule is Clc1ccccc1OCCCC[NH+]1CCCC1. The fraction of sp³-hybridized carbons (Fsp3) is 0.571. The van der Waals surface area contributed by atoms with Gasteiger partial charge in [0.1, 0.15) is 5.75 Å². The van der Waals surface area contributed by atoms with E-state index in [1.54, 1.807) is 4.90 Å². The Labute approximate surface area is 109 Å². The number of halogens is 1. The molecule has 0 aliphatic carbocycles. The van der Waals surface area contributed by atoms with Crippen molar-refractivity contribution in [1.29, 1.82) is 0 Å². The average Bonchev–Trinajstić information content (AvgIpc) is 2.84. The third-order valence-electron chi connectivity index (χ3n) is 3.33. The van der Waals surface area contributed by atoms with Crippen LogP contribution < -0.4 is 9.64 Å². The van der Waals surface area contributed by atoms with Crippen LogP contribution in [0.1, 0.15) is 25.7 Å². The van der Waals surface area contributed by atoms with Crippen LogP contribution in [0.15, 0.2) is 24.3 Å². The van der Waals surface area contributed by atoms with E-state index in [9.17, 15) is 0 Å². The number of ether oxygens (including phenoxy) is 1. The molecule has 0 amide bonds. The molecular formula is C14H21ClNO+. The summed E-state index contributed by atoms with van der Waals surface area (Å²) >= 11 is 6.01. The summed E-state index contributed by atoms with van der Waals surface area (Å²) in [5.41, 5.74) is 0. The second-order valence-electron chi connectivity index (χ2n) is 4.69. The Kier molecular flexibility index (Phi) is 5.14. The maximum Gasteiger partial charge on any atom is 0.137 e. The molecule has 0 spiro atoms. The van der Waals surface area contributed by atoms with Gasteiger partial charge in [0.25, 0.3) is 0 Å². The van der Waals surface area contributed by atoms with Gasteiger partial charge in [-0.05, 0) is 25.0 Å². The van der Waals surface area contributed by atoms with Gasteiger partial charge in [0.05, 0.1) is 31.3 Å². The van der Waals surface area contributed by atoms with Gasteiger partial charge in [0, 0.05) is 12.8 Å². The van der Waals surface area contributed by atoms with Gasteiger partial charge in [-0.2, -0.15) is 0 Å². The van der Waals surface area contributed by atoms with Crippen molar-refractivity contribution in [2.45, 2.75) is 25.7 Å². The third-order valence-corrected chi connectivity index (χ3v) is 3.64. The highest BCUT2D eigenvalue weighted by molar-refractivity contribution is 6.32. The molecule has 0 radical (unpaired) electrons. The largest absolute Gasteiger partial charge is 0.492 e. The highest BCUT2D eigenvalue weighted by atomic mass is 35.5. The van der Waals surface area contributed by atoms with Crippen LogP contribution in [-0.2, 0) is 0 Å². The molecule has 1 saturated heterocycles. The summed E-state index contributed by atoms with van der Waals surface area (Å²) in [4.78, 5) is 1.77. The number of unbranched alkanes of at least 4 members (excludes halogenated alkanes) is 1. The van der Waals surface area contributed by atoms with Crippen molar-refractivity contribution in [3.8, 4) is 5.75 Å². The number of rotatable bonds is 6. The summed E-state index contributed by atoms with van der Waals surface area (Å²) in [5, 5.41) is 0.706. The number of likely N-dealkylation sites (tertiary alicyclic amines) is 1. The van der Waals surface area contributed by atoms with Crippen LogP contribution in [0, 0.1) is 0 Å². The van der Waals surface area contributed by atoms with E-state index >= 15 is 0 Å². The summed E-state index contributed by atoms with van der Waals surface area (Å²) in [6.45, 7) is 4.81. The Hall–Kier alpha value is -0.730. The van der Waals surface area contributed by atoms with E-state index in [0.29, 0.717) is 5.02 Å². The lowest BCUT2D eigenvalue weighted by Gasteiger charge is -2.12. The lowest BCUT2D eigenvalue weighted by Crippen LogP contribution is -3.09. The van der Waals surface area contributed by atoms with E-state index < -0.39 is 0 Å². The first-order valence-corrected chi connectivity index (χ1v) is 6.95. The molecule has 0 aromatic heterocycles. The number of nitrogens with one attached hydrogen (secondary N) is 1. The second kappa shape index (κ2) is 6.87. The first-order valence-electron chi connectivity index (χ1n) is 6.57. The molecule has 1 aromatic rings. The Morgan fingerprint density at radius 2 is 1.88 bits per heavy atom. The fourth-order valence-electron chi connectivity index (χ4n) is 2.35. The van der Waals surface area contributed by atoms with Crippen molar-refractivity contribution >= 4 is 11.6 Å². The van der Waals surface area contributed by atoms with E-state index in [-0.39, 0.29) is 0 Å². The average molecular weight is 255 g/mol. The van der Waals surface area contributed by atoms with Crippen LogP contribution in [-0.4, -0.2) is 26.2 Å². The van der Waals surface area contributed by atoms with Gasteiger partial charge < -0.3 is 9.64 Å². The number of quaternary nitrogens is 1. The highest BCUT2D eigenvalue weighted by Gasteiger charge is 2.13. The monoisotopic (exact) mass is 254 g/mol. The molecule has 2 rings (SSSR count). The van der Waals surface area contributed by atoms with Crippen LogP contribution in [0.25, 0.3) is 0 Å². The quantitative estimate of drug-likeness (QED) is 0.769. The third kappa shape index (κ3) is 4.21. The molecule has 1 aromatic carbocycles. The van der Waals surface area contributed by atoms with Crippen molar-refractivity contribution in [3.05, 3.63) is 29.3 Å². The minimum Gasteiger partial charge on any atom is -0.492 e. The van der Waals surface area contributed by atoms with E-state index in [2.05, 4.69) is 0 Å². The maximum absolute atomic E-state index is 6.01. The summed E-state index contributed by atoms with van der Waals surface area (Å²) in [6, 6.07) is 7.67. The van der Waals surface area contributed by atoms with Crippen LogP contribution in [0.5, 0.6) is 5.75 Å². The number of hydrogen-bond donors (Lipinski definition) is 1. The molecule has 1 fully saturated rings. The first kappa shape index (κ1) is 12.7. The Morgan fingerprint density at radius 3 is 2.65 bits per heavy atom. The van der Waals surface area contributed by atoms with Gasteiger partial charge in [0.2, 0.25) is 0 Å². The zero-order chi connectivity index (χ0) is 11.9. The number of para-hydroxylation sites is 1. The number of hydrogen-bond acceptors (Lipinski definition) is 1. The Bertz CT molecular complexity index is 337. The highest BCUT2D eigenvalue weighted by Crippen LogP contribution is 2.23. The molecule has 1 aliphatic heterocycles. The van der Waals surface area contributed by atoms with Crippen LogP contribution in [0.3, 0.4) is 0 Å². The minimum absolute atomic E-state index is 0.706. The molecule has 1 N–H and O–H groups in total. The summed E-state index contributed by atoms with van der Waals surface area (Å²) in [6.07, 6.45) is 5.19. The molecule has 17 heavy (non-hydrogen) atoms. The topological polar surface area (TPSA) is 13.7 Å². The van der Waals surface area contributed by atoms with E-state index in [1.165, 1.54) is 38.9 Å².